The summed E-state index contributed by atoms with van der Waals surface area (Å²) in [5, 5.41) is 9.35. The summed E-state index contributed by atoms with van der Waals surface area (Å²) < 4.78 is 12.0. The van der Waals surface area contributed by atoms with Crippen molar-refractivity contribution in [3.63, 3.8) is 0 Å². The molecule has 0 unspecified atom stereocenters. The van der Waals surface area contributed by atoms with Crippen LogP contribution in [0.15, 0.2) is 126 Å². The van der Waals surface area contributed by atoms with Crippen molar-refractivity contribution in [1.82, 2.24) is 9.55 Å². The Morgan fingerprint density at radius 3 is 2.09 bits per heavy atom. The fraction of sp³-hybridized carbons (Fsp3) is 0.271. The Morgan fingerprint density at radius 2 is 1.37 bits per heavy atom. The molecule has 0 saturated heterocycles. The first-order chi connectivity index (χ1) is 30.9. The van der Waals surface area contributed by atoms with Crippen LogP contribution in [0.1, 0.15) is 104 Å². The van der Waals surface area contributed by atoms with Crippen molar-refractivity contribution in [2.75, 3.05) is 5.32 Å². The van der Waals surface area contributed by atoms with Gasteiger partial charge in [-0.25, -0.2) is 4.98 Å². The molecule has 0 fully saturated rings. The number of nitrogens with zero attached hydrogens (tertiary/aromatic N) is 2. The molecule has 7 aromatic carbocycles. The van der Waals surface area contributed by atoms with Gasteiger partial charge in [0.25, 0.3) is 0 Å². The first-order valence-electron chi connectivity index (χ1n) is 23.5. The summed E-state index contributed by atoms with van der Waals surface area (Å²) in [4.78, 5) is 5.13. The third-order valence-electron chi connectivity index (χ3n) is 15.0. The normalized spacial score (nSPS) is 15.5. The Bertz CT molecular complexity index is 3610. The number of benzene rings is 7. The van der Waals surface area contributed by atoms with Crippen LogP contribution in [0.4, 0.5) is 11.4 Å². The van der Waals surface area contributed by atoms with Crippen LogP contribution < -0.4 is 16.2 Å². The van der Waals surface area contributed by atoms with Crippen molar-refractivity contribution in [3.8, 4) is 28.3 Å². The van der Waals surface area contributed by atoms with E-state index in [9.17, 15) is 0 Å². The van der Waals surface area contributed by atoms with Crippen LogP contribution in [0.3, 0.4) is 0 Å². The lowest BCUT2D eigenvalue weighted by Crippen LogP contribution is -2.37. The molecule has 1 aliphatic heterocycles. The molecule has 3 aromatic heterocycles. The molecule has 2 aliphatic rings. The van der Waals surface area contributed by atoms with E-state index in [-0.39, 0.29) is 21.7 Å². The first kappa shape index (κ1) is 40.4. The number of hydrogen-bond donors (Lipinski definition) is 1. The van der Waals surface area contributed by atoms with Gasteiger partial charge in [0.05, 0.1) is 5.52 Å². The molecule has 4 nitrogen and oxygen atoms in total. The molecule has 0 saturated carbocycles. The van der Waals surface area contributed by atoms with Crippen LogP contribution >= 0.6 is 11.3 Å². The average Bonchev–Trinajstić information content (AvgIpc) is 3.96. The van der Waals surface area contributed by atoms with E-state index in [2.05, 4.69) is 182 Å². The van der Waals surface area contributed by atoms with Crippen molar-refractivity contribution in [2.24, 2.45) is 0 Å². The highest BCUT2D eigenvalue weighted by Crippen LogP contribution is 2.53. The Kier molecular flexibility index (Phi) is 8.53. The molecule has 10 aromatic rings. The van der Waals surface area contributed by atoms with Crippen LogP contribution in [-0.4, -0.2) is 16.8 Å². The van der Waals surface area contributed by atoms with Gasteiger partial charge < -0.3 is 14.3 Å². The number of fused-ring (bicyclic) bond motifs is 11. The Morgan fingerprint density at radius 1 is 0.692 bits per heavy atom. The quantitative estimate of drug-likeness (QED) is 0.179. The van der Waals surface area contributed by atoms with Gasteiger partial charge in [-0.15, -0.1) is 11.3 Å². The second-order valence-electron chi connectivity index (χ2n) is 22.4. The molecule has 4 heterocycles. The maximum Gasteiger partial charge on any atom is 0.227 e. The Labute approximate surface area is 387 Å². The maximum atomic E-state index is 6.66. The van der Waals surface area contributed by atoms with Crippen molar-refractivity contribution >= 4 is 94.0 Å². The second kappa shape index (κ2) is 13.7. The minimum Gasteiger partial charge on any atom is -0.436 e. The summed E-state index contributed by atoms with van der Waals surface area (Å²) in [6, 6.07) is 45.4. The summed E-state index contributed by atoms with van der Waals surface area (Å²) in [7, 11) is 0.765. The number of oxazole rings is 1. The summed E-state index contributed by atoms with van der Waals surface area (Å²) in [6.45, 7) is 23.6. The Hall–Kier alpha value is -6.11. The van der Waals surface area contributed by atoms with Crippen LogP contribution in [0.2, 0.25) is 0 Å². The van der Waals surface area contributed by atoms with E-state index in [4.69, 9.17) is 9.40 Å². The largest absolute Gasteiger partial charge is 0.436 e. The van der Waals surface area contributed by atoms with E-state index < -0.39 is 0 Å². The molecule has 0 radical (unpaired) electrons. The van der Waals surface area contributed by atoms with Crippen molar-refractivity contribution in [3.05, 3.63) is 144 Å². The van der Waals surface area contributed by atoms with Crippen LogP contribution in [-0.2, 0) is 21.7 Å². The monoisotopic (exact) mass is 865 g/mol. The zero-order chi connectivity index (χ0) is 44.9. The lowest BCUT2D eigenvalue weighted by molar-refractivity contribution is 0.332. The lowest BCUT2D eigenvalue weighted by atomic mass is 9.58. The molecule has 65 heavy (non-hydrogen) atoms. The summed E-state index contributed by atoms with van der Waals surface area (Å²) in [6.07, 6.45) is 2.32. The van der Waals surface area contributed by atoms with E-state index in [0.29, 0.717) is 5.89 Å². The average molecular weight is 866 g/mol. The summed E-state index contributed by atoms with van der Waals surface area (Å²) >= 11 is 1.95. The van der Waals surface area contributed by atoms with Gasteiger partial charge >= 0.3 is 0 Å². The number of anilines is 2. The molecule has 6 heteroatoms. The smallest absolute Gasteiger partial charge is 0.227 e. The number of hydrogen-bond acceptors (Lipinski definition) is 4. The first-order valence-corrected chi connectivity index (χ1v) is 24.3. The molecule has 322 valence electrons. The molecule has 0 atom stereocenters. The highest BCUT2D eigenvalue weighted by atomic mass is 32.1. The van der Waals surface area contributed by atoms with Crippen molar-refractivity contribution in [2.45, 2.75) is 104 Å². The Balaban J connectivity index is 1.23. The highest BCUT2D eigenvalue weighted by Gasteiger charge is 2.39. The van der Waals surface area contributed by atoms with Gasteiger partial charge in [0.15, 0.2) is 12.9 Å². The van der Waals surface area contributed by atoms with E-state index in [0.717, 1.165) is 48.2 Å². The SMILES string of the molecule is CC(C)(C)c1ccc(Nc2ccc(C(C)(C)C)cc2-c2c3c4c(c5cc6c(cc5n4-c4cc5oc(-c7ccccc7)nc5cc4B3)C(C)(C)CCC6(C)C)c3c2sc2ccccc23)cc1. The number of rotatable bonds is 4. The molecular formula is C59H56BN3OS. The molecular weight excluding hydrogens is 810 g/mol. The second-order valence-corrected chi connectivity index (χ2v) is 23.4. The van der Waals surface area contributed by atoms with Gasteiger partial charge in [0, 0.05) is 70.7 Å². The predicted octanol–water partition coefficient (Wildman–Crippen LogP) is 15.0. The third kappa shape index (κ3) is 6.19. The third-order valence-corrected chi connectivity index (χ3v) is 16.2. The zero-order valence-corrected chi connectivity index (χ0v) is 40.2. The van der Waals surface area contributed by atoms with Crippen LogP contribution in [0.5, 0.6) is 0 Å². The van der Waals surface area contributed by atoms with Gasteiger partial charge in [0.1, 0.15) is 5.52 Å². The fourth-order valence-electron chi connectivity index (χ4n) is 11.1. The maximum absolute atomic E-state index is 6.66. The number of aromatic nitrogens is 2. The van der Waals surface area contributed by atoms with Crippen LogP contribution in [0, 0.1) is 0 Å². The highest BCUT2D eigenvalue weighted by molar-refractivity contribution is 7.26. The minimum atomic E-state index is -0.0581. The molecule has 0 spiro atoms. The summed E-state index contributed by atoms with van der Waals surface area (Å²) in [5.74, 6) is 0.652. The van der Waals surface area contributed by atoms with E-state index in [1.54, 1.807) is 0 Å². The van der Waals surface area contributed by atoms with Gasteiger partial charge in [-0.1, -0.05) is 129 Å². The van der Waals surface area contributed by atoms with E-state index in [1.807, 2.05) is 29.5 Å². The van der Waals surface area contributed by atoms with E-state index >= 15 is 0 Å². The zero-order valence-electron chi connectivity index (χ0n) is 39.4. The van der Waals surface area contributed by atoms with Crippen LogP contribution in [0.25, 0.3) is 81.3 Å². The molecule has 0 amide bonds. The number of nitrogens with one attached hydrogen (secondary N) is 1. The number of thiophene rings is 1. The molecule has 1 N–H and O–H groups in total. The fourth-order valence-corrected chi connectivity index (χ4v) is 12.4. The van der Waals surface area contributed by atoms with Crippen molar-refractivity contribution in [1.29, 1.82) is 0 Å². The minimum absolute atomic E-state index is 0.0458. The molecule has 1 aliphatic carbocycles. The predicted molar refractivity (Wildman–Crippen MR) is 281 cm³/mol. The van der Waals surface area contributed by atoms with Crippen molar-refractivity contribution < 1.29 is 4.42 Å². The molecule has 0 bridgehead atoms. The molecule has 12 rings (SSSR count). The van der Waals surface area contributed by atoms with E-state index in [1.165, 1.54) is 92.0 Å². The van der Waals surface area contributed by atoms with Gasteiger partial charge in [-0.2, -0.15) is 0 Å². The topological polar surface area (TPSA) is 43.0 Å². The van der Waals surface area contributed by atoms with Gasteiger partial charge in [0.2, 0.25) is 5.89 Å². The van der Waals surface area contributed by atoms with Gasteiger partial charge in [-0.05, 0) is 128 Å². The standard InChI is InChI=1S/C59H56BN3OS/c1-56(2,3)34-20-23-36(24-21-34)61-43-25-22-35(57(4,5)6)28-38(43)51-52-53-49(50-37-18-14-15-19-48(37)65-54(50)51)39-29-40-41(59(9,10)27-26-58(40,7)8)30-45(39)63(53)46-32-47-44(31-42(46)60-52)62-55(64-47)33-16-12-11-13-17-33/h11-25,28-32,60-61H,26-27H2,1-10H3. The summed E-state index contributed by atoms with van der Waals surface area (Å²) in [5.41, 5.74) is 19.5. The van der Waals surface area contributed by atoms with Gasteiger partial charge in [-0.3, -0.25) is 0 Å². The lowest BCUT2D eigenvalue weighted by Gasteiger charge is -2.42.